The van der Waals surface area contributed by atoms with Gasteiger partial charge in [-0.05, 0) is 6.07 Å². The van der Waals surface area contributed by atoms with E-state index in [-0.39, 0.29) is 10.3 Å². The minimum atomic E-state index is 0.266. The van der Waals surface area contributed by atoms with Gasteiger partial charge in [0.2, 0.25) is 5.82 Å². The number of rotatable bonds is 1. The Bertz CT molecular complexity index is 710. The zero-order chi connectivity index (χ0) is 12.5. The number of hydrogen-bond donors (Lipinski definition) is 0. The Morgan fingerprint density at radius 1 is 0.833 bits per heavy atom. The summed E-state index contributed by atoms with van der Waals surface area (Å²) in [6.07, 6.45) is 1.72. The molecule has 0 radical (unpaired) electrons. The highest BCUT2D eigenvalue weighted by molar-refractivity contribution is 6.33. The summed E-state index contributed by atoms with van der Waals surface area (Å²) in [7, 11) is 0. The van der Waals surface area contributed by atoms with Crippen molar-refractivity contribution in [3.05, 3.63) is 46.8 Å². The number of nitrogens with zero attached hydrogens (tertiary/aromatic N) is 4. The summed E-state index contributed by atoms with van der Waals surface area (Å²) < 4.78 is 0. The molecule has 18 heavy (non-hydrogen) atoms. The quantitative estimate of drug-likeness (QED) is 0.640. The molecule has 0 saturated carbocycles. The molecule has 2 aromatic heterocycles. The van der Waals surface area contributed by atoms with Crippen LogP contribution in [0.25, 0.3) is 22.6 Å². The van der Waals surface area contributed by atoms with Crippen molar-refractivity contribution in [3.8, 4) is 11.6 Å². The van der Waals surface area contributed by atoms with Gasteiger partial charge < -0.3 is 0 Å². The van der Waals surface area contributed by atoms with E-state index in [1.807, 2.05) is 24.3 Å². The van der Waals surface area contributed by atoms with Gasteiger partial charge in [0.1, 0.15) is 10.3 Å². The maximum atomic E-state index is 5.83. The predicted octanol–water partition coefficient (Wildman–Crippen LogP) is 3.39. The first-order valence-electron chi connectivity index (χ1n) is 5.14. The van der Waals surface area contributed by atoms with Crippen LogP contribution in [0.4, 0.5) is 0 Å². The Labute approximate surface area is 113 Å². The van der Waals surface area contributed by atoms with Crippen LogP contribution in [-0.2, 0) is 0 Å². The summed E-state index contributed by atoms with van der Waals surface area (Å²) in [6.45, 7) is 0. The molecule has 3 aromatic rings. The molecule has 0 aliphatic carbocycles. The van der Waals surface area contributed by atoms with E-state index in [0.717, 1.165) is 10.9 Å². The number of benzene rings is 1. The second-order valence-corrected chi connectivity index (χ2v) is 4.36. The molecular formula is C12H6Cl2N4. The molecule has 1 aromatic carbocycles. The third-order valence-corrected chi connectivity index (χ3v) is 2.74. The van der Waals surface area contributed by atoms with E-state index in [9.17, 15) is 0 Å². The molecule has 4 nitrogen and oxygen atoms in total. The second kappa shape index (κ2) is 4.48. The van der Waals surface area contributed by atoms with Gasteiger partial charge in [-0.3, -0.25) is 0 Å². The zero-order valence-electron chi connectivity index (χ0n) is 9.01. The Morgan fingerprint density at radius 3 is 2.33 bits per heavy atom. The SMILES string of the molecule is Clc1cc(Cl)nc(-c2ncc3ccccc3n2)n1. The summed E-state index contributed by atoms with van der Waals surface area (Å²) >= 11 is 11.7. The predicted molar refractivity (Wildman–Crippen MR) is 70.6 cm³/mol. The Kier molecular flexibility index (Phi) is 2.81. The number of para-hydroxylation sites is 1. The molecule has 0 amide bonds. The zero-order valence-corrected chi connectivity index (χ0v) is 10.5. The van der Waals surface area contributed by atoms with Crippen LogP contribution in [0.1, 0.15) is 0 Å². The van der Waals surface area contributed by atoms with Crippen molar-refractivity contribution in [2.75, 3.05) is 0 Å². The molecule has 0 unspecified atom stereocenters. The average Bonchev–Trinajstić information content (AvgIpc) is 2.37. The van der Waals surface area contributed by atoms with E-state index >= 15 is 0 Å². The lowest BCUT2D eigenvalue weighted by molar-refractivity contribution is 1.10. The highest BCUT2D eigenvalue weighted by Gasteiger charge is 2.08. The lowest BCUT2D eigenvalue weighted by Gasteiger charge is -2.01. The van der Waals surface area contributed by atoms with Crippen molar-refractivity contribution in [1.82, 2.24) is 19.9 Å². The molecule has 0 fully saturated rings. The largest absolute Gasteiger partial charge is 0.233 e. The highest BCUT2D eigenvalue weighted by atomic mass is 35.5. The number of hydrogen-bond acceptors (Lipinski definition) is 4. The fourth-order valence-corrected chi connectivity index (χ4v) is 1.99. The van der Waals surface area contributed by atoms with E-state index in [0.29, 0.717) is 11.6 Å². The molecule has 0 bridgehead atoms. The summed E-state index contributed by atoms with van der Waals surface area (Å²) in [4.78, 5) is 16.7. The van der Waals surface area contributed by atoms with Gasteiger partial charge in [0.05, 0.1) is 5.52 Å². The summed E-state index contributed by atoms with van der Waals surface area (Å²) in [6, 6.07) is 9.13. The van der Waals surface area contributed by atoms with Crippen molar-refractivity contribution in [3.63, 3.8) is 0 Å². The maximum absolute atomic E-state index is 5.83. The summed E-state index contributed by atoms with van der Waals surface area (Å²) in [5.41, 5.74) is 0.821. The molecule has 0 atom stereocenters. The van der Waals surface area contributed by atoms with Crippen molar-refractivity contribution in [2.45, 2.75) is 0 Å². The first kappa shape index (κ1) is 11.3. The molecule has 0 saturated heterocycles. The van der Waals surface area contributed by atoms with E-state index in [4.69, 9.17) is 23.2 Å². The van der Waals surface area contributed by atoms with E-state index in [2.05, 4.69) is 19.9 Å². The normalized spacial score (nSPS) is 10.8. The van der Waals surface area contributed by atoms with Gasteiger partial charge in [-0.1, -0.05) is 41.4 Å². The standard InChI is InChI=1S/C12H6Cl2N4/c13-9-5-10(14)18-12(17-9)11-15-6-7-3-1-2-4-8(7)16-11/h1-6H. The van der Waals surface area contributed by atoms with E-state index in [1.54, 1.807) is 6.20 Å². The van der Waals surface area contributed by atoms with Gasteiger partial charge in [-0.2, -0.15) is 0 Å². The topological polar surface area (TPSA) is 51.6 Å². The number of halogens is 2. The first-order chi connectivity index (χ1) is 8.72. The van der Waals surface area contributed by atoms with Crippen molar-refractivity contribution < 1.29 is 0 Å². The van der Waals surface area contributed by atoms with Crippen LogP contribution in [0.3, 0.4) is 0 Å². The molecule has 3 rings (SSSR count). The van der Waals surface area contributed by atoms with Crippen LogP contribution in [0.5, 0.6) is 0 Å². The average molecular weight is 277 g/mol. The molecule has 0 aliphatic heterocycles. The molecular weight excluding hydrogens is 271 g/mol. The van der Waals surface area contributed by atoms with Crippen LogP contribution in [0, 0.1) is 0 Å². The first-order valence-corrected chi connectivity index (χ1v) is 5.90. The van der Waals surface area contributed by atoms with Crippen molar-refractivity contribution in [2.24, 2.45) is 0 Å². The van der Waals surface area contributed by atoms with Crippen molar-refractivity contribution >= 4 is 34.1 Å². The fraction of sp³-hybridized carbons (Fsp3) is 0. The number of fused-ring (bicyclic) bond motifs is 1. The van der Waals surface area contributed by atoms with Gasteiger partial charge in [-0.15, -0.1) is 0 Å². The highest BCUT2D eigenvalue weighted by Crippen LogP contribution is 2.19. The summed E-state index contributed by atoms with van der Waals surface area (Å²) in [5.74, 6) is 0.719. The summed E-state index contributed by atoms with van der Waals surface area (Å²) in [5, 5.41) is 1.48. The van der Waals surface area contributed by atoms with Gasteiger partial charge in [0.15, 0.2) is 5.82 Å². The second-order valence-electron chi connectivity index (χ2n) is 3.59. The molecule has 0 spiro atoms. The van der Waals surface area contributed by atoms with Gasteiger partial charge >= 0.3 is 0 Å². The van der Waals surface area contributed by atoms with Gasteiger partial charge in [-0.25, -0.2) is 19.9 Å². The van der Waals surface area contributed by atoms with Crippen LogP contribution in [0.2, 0.25) is 10.3 Å². The Balaban J connectivity index is 2.19. The third kappa shape index (κ3) is 2.12. The monoisotopic (exact) mass is 276 g/mol. The van der Waals surface area contributed by atoms with Crippen LogP contribution in [-0.4, -0.2) is 19.9 Å². The lowest BCUT2D eigenvalue weighted by Crippen LogP contribution is -1.96. The third-order valence-electron chi connectivity index (χ3n) is 2.35. The van der Waals surface area contributed by atoms with E-state index < -0.39 is 0 Å². The lowest BCUT2D eigenvalue weighted by atomic mass is 10.2. The maximum Gasteiger partial charge on any atom is 0.200 e. The molecule has 88 valence electrons. The Hall–Kier alpha value is -1.78. The van der Waals surface area contributed by atoms with E-state index in [1.165, 1.54) is 6.07 Å². The van der Waals surface area contributed by atoms with Crippen molar-refractivity contribution in [1.29, 1.82) is 0 Å². The van der Waals surface area contributed by atoms with Crippen LogP contribution >= 0.6 is 23.2 Å². The van der Waals surface area contributed by atoms with Gasteiger partial charge in [0, 0.05) is 17.6 Å². The number of aromatic nitrogens is 4. The molecule has 6 heteroatoms. The molecule has 0 aliphatic rings. The molecule has 0 N–H and O–H groups in total. The Morgan fingerprint density at radius 2 is 1.56 bits per heavy atom. The smallest absolute Gasteiger partial charge is 0.200 e. The minimum Gasteiger partial charge on any atom is -0.233 e. The molecule has 2 heterocycles. The minimum absolute atomic E-state index is 0.266. The van der Waals surface area contributed by atoms with Crippen LogP contribution in [0.15, 0.2) is 36.5 Å². The van der Waals surface area contributed by atoms with Gasteiger partial charge in [0.25, 0.3) is 0 Å². The van der Waals surface area contributed by atoms with Crippen LogP contribution < -0.4 is 0 Å². The fourth-order valence-electron chi connectivity index (χ4n) is 1.57.